The van der Waals surface area contributed by atoms with Gasteiger partial charge in [-0.2, -0.15) is 0 Å². The Balaban J connectivity index is 1.45. The number of carbonyl (C=O) groups excluding carboxylic acids is 3. The van der Waals surface area contributed by atoms with Crippen molar-refractivity contribution < 1.29 is 23.5 Å². The van der Waals surface area contributed by atoms with Crippen LogP contribution in [0.3, 0.4) is 0 Å². The maximum atomic E-state index is 16.5. The van der Waals surface area contributed by atoms with Crippen molar-refractivity contribution in [2.75, 3.05) is 30.4 Å². The first-order valence-electron chi connectivity index (χ1n) is 13.9. The van der Waals surface area contributed by atoms with E-state index in [1.54, 1.807) is 41.3 Å². The number of fused-ring (bicyclic) bond motifs is 2. The minimum Gasteiger partial charge on any atom is -0.465 e. The van der Waals surface area contributed by atoms with E-state index in [0.29, 0.717) is 34.4 Å². The summed E-state index contributed by atoms with van der Waals surface area (Å²) in [5.41, 5.74) is 1.07. The lowest BCUT2D eigenvalue weighted by atomic mass is 9.72. The van der Waals surface area contributed by atoms with E-state index in [0.717, 1.165) is 18.4 Å². The molecule has 3 heterocycles. The molecule has 2 amide bonds. The van der Waals surface area contributed by atoms with Crippen LogP contribution in [-0.2, 0) is 20.7 Å². The Bertz CT molecular complexity index is 1540. The maximum absolute atomic E-state index is 16.5. The largest absolute Gasteiger partial charge is 0.465 e. The average Bonchev–Trinajstić information content (AvgIpc) is 3.68. The van der Waals surface area contributed by atoms with Crippen molar-refractivity contribution in [3.63, 3.8) is 0 Å². The molecule has 6 rings (SSSR count). The third-order valence-corrected chi connectivity index (χ3v) is 9.24. The monoisotopic (exact) mass is 609 g/mol. The third kappa shape index (κ3) is 4.85. The summed E-state index contributed by atoms with van der Waals surface area (Å²) in [6.45, 7) is 4.48. The van der Waals surface area contributed by atoms with Gasteiger partial charge < -0.3 is 15.0 Å². The highest BCUT2D eigenvalue weighted by molar-refractivity contribution is 6.31. The quantitative estimate of drug-likeness (QED) is 0.312. The number of likely N-dealkylation sites (tertiary alicyclic amines) is 1. The highest BCUT2D eigenvalue weighted by Gasteiger charge is 2.69. The molecule has 2 aromatic carbocycles. The summed E-state index contributed by atoms with van der Waals surface area (Å²) in [5, 5.41) is 3.72. The molecular formula is C32H30Cl2FN3O4. The minimum absolute atomic E-state index is 0.230. The number of rotatable bonds is 7. The SMILES string of the molecule is C=C(Cl)/C=C\C=C(/F)[C@H]1[C@@H]2C(=O)N(c3ccc(C(=O)OC)cc3)C[C@@H]2N(CC2CC2)[C@]12Cc1ccc(Cl)cc1NC2=O. The molecule has 2 saturated heterocycles. The summed E-state index contributed by atoms with van der Waals surface area (Å²) in [6.07, 6.45) is 6.48. The van der Waals surface area contributed by atoms with Gasteiger partial charge in [-0.15, -0.1) is 0 Å². The van der Waals surface area contributed by atoms with Crippen LogP contribution >= 0.6 is 23.2 Å². The van der Waals surface area contributed by atoms with Crippen molar-refractivity contribution in [3.8, 4) is 0 Å². The number of allylic oxidation sites excluding steroid dienone is 4. The van der Waals surface area contributed by atoms with E-state index in [9.17, 15) is 14.4 Å². The number of esters is 1. The van der Waals surface area contributed by atoms with Gasteiger partial charge in [0.25, 0.3) is 0 Å². The summed E-state index contributed by atoms with van der Waals surface area (Å²) in [7, 11) is 1.31. The van der Waals surface area contributed by atoms with Crippen molar-refractivity contribution >= 4 is 52.4 Å². The number of anilines is 2. The maximum Gasteiger partial charge on any atom is 0.337 e. The Hall–Kier alpha value is -3.46. The van der Waals surface area contributed by atoms with Crippen LogP contribution in [0.2, 0.25) is 5.02 Å². The summed E-state index contributed by atoms with van der Waals surface area (Å²) < 4.78 is 21.3. The van der Waals surface area contributed by atoms with Crippen molar-refractivity contribution in [1.29, 1.82) is 0 Å². The van der Waals surface area contributed by atoms with Gasteiger partial charge in [-0.05, 0) is 72.9 Å². The van der Waals surface area contributed by atoms with E-state index in [1.807, 2.05) is 6.07 Å². The number of methoxy groups -OCH3 is 1. The molecule has 4 aliphatic rings. The standard InChI is InChI=1S/C32H30Cl2FN3O4/c1-18(33)4-3-5-24(35)28-27-26(17-37(29(27)39)23-12-9-20(10-13-23)30(40)42-2)38(16-19-6-7-19)32(28)15-21-8-11-22(34)14-25(21)36-31(32)41/h3-5,8-14,19,26-28H,1,6-7,15-17H2,2H3,(H,36,41)/b4-3-,24-5-/t26-,27+,28-,32+/m0/s1. The number of hydrogen-bond donors (Lipinski definition) is 1. The van der Waals surface area contributed by atoms with Gasteiger partial charge in [0, 0.05) is 47.0 Å². The number of halogens is 3. The second-order valence-electron chi connectivity index (χ2n) is 11.4. The molecule has 10 heteroatoms. The molecule has 4 atom stereocenters. The summed E-state index contributed by atoms with van der Waals surface area (Å²) in [5.74, 6) is -3.14. The summed E-state index contributed by atoms with van der Waals surface area (Å²) in [4.78, 5) is 44.1. The van der Waals surface area contributed by atoms with Gasteiger partial charge in [0.15, 0.2) is 0 Å². The molecular weight excluding hydrogens is 580 g/mol. The lowest BCUT2D eigenvalue weighted by molar-refractivity contribution is -0.130. The summed E-state index contributed by atoms with van der Waals surface area (Å²) >= 11 is 12.1. The van der Waals surface area contributed by atoms with Gasteiger partial charge in [0.1, 0.15) is 11.4 Å². The van der Waals surface area contributed by atoms with Crippen LogP contribution in [0.1, 0.15) is 28.8 Å². The fourth-order valence-electron chi connectivity index (χ4n) is 6.82. The highest BCUT2D eigenvalue weighted by atomic mass is 35.5. The minimum atomic E-state index is -1.32. The van der Waals surface area contributed by atoms with Gasteiger partial charge in [-0.25, -0.2) is 9.18 Å². The van der Waals surface area contributed by atoms with Crippen molar-refractivity contribution in [1.82, 2.24) is 4.90 Å². The zero-order chi connectivity index (χ0) is 29.8. The number of nitrogens with one attached hydrogen (secondary N) is 1. The number of nitrogens with zero attached hydrogens (tertiary/aromatic N) is 2. The molecule has 2 aromatic rings. The first-order valence-corrected chi connectivity index (χ1v) is 14.6. The zero-order valence-corrected chi connectivity index (χ0v) is 24.5. The predicted octanol–water partition coefficient (Wildman–Crippen LogP) is 5.90. The van der Waals surface area contributed by atoms with E-state index in [4.69, 9.17) is 27.9 Å². The Morgan fingerprint density at radius 3 is 2.62 bits per heavy atom. The van der Waals surface area contributed by atoms with Gasteiger partial charge in [0.2, 0.25) is 11.8 Å². The normalized spacial score (nSPS) is 27.4. The Morgan fingerprint density at radius 1 is 1.21 bits per heavy atom. The van der Waals surface area contributed by atoms with E-state index >= 15 is 4.39 Å². The number of amides is 2. The second-order valence-corrected chi connectivity index (χ2v) is 12.3. The van der Waals surface area contributed by atoms with Crippen LogP contribution in [0.4, 0.5) is 15.8 Å². The molecule has 1 N–H and O–H groups in total. The van der Waals surface area contributed by atoms with Crippen LogP contribution in [0.25, 0.3) is 0 Å². The molecule has 0 unspecified atom stereocenters. The molecule has 218 valence electrons. The topological polar surface area (TPSA) is 79.0 Å². The zero-order valence-electron chi connectivity index (χ0n) is 23.0. The van der Waals surface area contributed by atoms with Gasteiger partial charge >= 0.3 is 5.97 Å². The highest BCUT2D eigenvalue weighted by Crippen LogP contribution is 2.56. The molecule has 0 bridgehead atoms. The fourth-order valence-corrected chi connectivity index (χ4v) is 7.06. The molecule has 42 heavy (non-hydrogen) atoms. The number of carbonyl (C=O) groups is 3. The molecule has 7 nitrogen and oxygen atoms in total. The van der Waals surface area contributed by atoms with E-state index in [-0.39, 0.29) is 29.8 Å². The van der Waals surface area contributed by atoms with Crippen molar-refractivity contribution in [2.45, 2.75) is 30.8 Å². The van der Waals surface area contributed by atoms with E-state index in [1.165, 1.54) is 25.3 Å². The molecule has 1 spiro atoms. The van der Waals surface area contributed by atoms with Crippen LogP contribution in [0.5, 0.6) is 0 Å². The molecule has 1 saturated carbocycles. The Labute approximate surface area is 253 Å². The van der Waals surface area contributed by atoms with Gasteiger partial charge in [-0.3, -0.25) is 14.5 Å². The Kier molecular flexibility index (Phi) is 7.50. The number of ether oxygens (including phenoxy) is 1. The fraction of sp³-hybridized carbons (Fsp3) is 0.344. The van der Waals surface area contributed by atoms with Crippen molar-refractivity contribution in [3.05, 3.63) is 94.3 Å². The summed E-state index contributed by atoms with van der Waals surface area (Å²) in [6, 6.07) is 11.5. The van der Waals surface area contributed by atoms with Crippen LogP contribution in [0.15, 0.2) is 78.1 Å². The van der Waals surface area contributed by atoms with Crippen LogP contribution < -0.4 is 10.2 Å². The smallest absolute Gasteiger partial charge is 0.337 e. The molecule has 3 fully saturated rings. The van der Waals surface area contributed by atoms with Gasteiger partial charge in [0.05, 0.1) is 24.5 Å². The van der Waals surface area contributed by atoms with E-state index in [2.05, 4.69) is 16.8 Å². The van der Waals surface area contributed by atoms with Gasteiger partial charge in [-0.1, -0.05) is 41.9 Å². The average molecular weight is 611 g/mol. The first kappa shape index (κ1) is 28.6. The van der Waals surface area contributed by atoms with Crippen LogP contribution in [0, 0.1) is 17.8 Å². The van der Waals surface area contributed by atoms with Crippen molar-refractivity contribution in [2.24, 2.45) is 17.8 Å². The lowest BCUT2D eigenvalue weighted by Gasteiger charge is -2.46. The third-order valence-electron chi connectivity index (χ3n) is 8.88. The van der Waals surface area contributed by atoms with Crippen LogP contribution in [-0.4, -0.2) is 54.5 Å². The molecule has 3 aliphatic heterocycles. The lowest BCUT2D eigenvalue weighted by Crippen LogP contribution is -2.63. The molecule has 1 aliphatic carbocycles. The molecule has 0 aromatic heterocycles. The second kappa shape index (κ2) is 11.0. The predicted molar refractivity (Wildman–Crippen MR) is 160 cm³/mol. The molecule has 0 radical (unpaired) electrons. The number of hydrogen-bond acceptors (Lipinski definition) is 5. The van der Waals surface area contributed by atoms with E-state index < -0.39 is 35.2 Å². The Morgan fingerprint density at radius 2 is 1.95 bits per heavy atom. The first-order chi connectivity index (χ1) is 20.1. The number of benzene rings is 2.